The van der Waals surface area contributed by atoms with Gasteiger partial charge in [-0.2, -0.15) is 0 Å². The second-order valence-corrected chi connectivity index (χ2v) is 12.6. The van der Waals surface area contributed by atoms with Gasteiger partial charge in [-0.05, 0) is 45.2 Å². The van der Waals surface area contributed by atoms with E-state index in [1.54, 1.807) is 24.2 Å². The number of likely N-dealkylation sites (tertiary alicyclic amines) is 1. The number of thioether (sulfide) groups is 1. The third-order valence-corrected chi connectivity index (χ3v) is 8.21. The Labute approximate surface area is 231 Å². The standard InChI is InChI=1S/C25H38N6O5S2/c1-25(2,3)18-13-28-20(36-18)16-37-21-14-29-23(38-21)30-22(33)17-7-11-31(12-8-17)15-19(32)26-9-5-4-6-10-27-24(34)35/h13-14,17,27H,4-12,15-16H2,1-3H3,(H,26,32)(H,34,35)(H,29,30,33). The van der Waals surface area contributed by atoms with Crippen molar-refractivity contribution in [3.63, 3.8) is 0 Å². The predicted octanol–water partition coefficient (Wildman–Crippen LogP) is 3.93. The SMILES string of the molecule is CC(C)(C)c1cnc(CSc2cnc(NC(=O)C3CCN(CC(=O)NCCCCCNC(=O)O)CC3)s2)o1. The summed E-state index contributed by atoms with van der Waals surface area (Å²) in [6.45, 7) is 8.97. The first-order valence-electron chi connectivity index (χ1n) is 12.9. The van der Waals surface area contributed by atoms with Gasteiger partial charge in [-0.25, -0.2) is 14.8 Å². The van der Waals surface area contributed by atoms with E-state index in [9.17, 15) is 14.4 Å². The van der Waals surface area contributed by atoms with E-state index in [1.165, 1.54) is 11.3 Å². The summed E-state index contributed by atoms with van der Waals surface area (Å²) in [5.74, 6) is 1.98. The van der Waals surface area contributed by atoms with E-state index in [0.29, 0.717) is 62.3 Å². The Bertz CT molecular complexity index is 1060. The van der Waals surface area contributed by atoms with Gasteiger partial charge in [0.15, 0.2) is 5.13 Å². The van der Waals surface area contributed by atoms with Crippen LogP contribution in [0, 0.1) is 5.92 Å². The Morgan fingerprint density at radius 3 is 2.47 bits per heavy atom. The number of carbonyl (C=O) groups excluding carboxylic acids is 2. The molecule has 3 rings (SSSR count). The molecule has 0 atom stereocenters. The van der Waals surface area contributed by atoms with Gasteiger partial charge in [0, 0.05) is 24.4 Å². The second-order valence-electron chi connectivity index (χ2n) is 10.3. The molecule has 1 fully saturated rings. The van der Waals surface area contributed by atoms with Crippen LogP contribution in [-0.4, -0.2) is 70.6 Å². The average molecular weight is 567 g/mol. The van der Waals surface area contributed by atoms with Crippen LogP contribution in [0.3, 0.4) is 0 Å². The van der Waals surface area contributed by atoms with Crippen LogP contribution in [0.25, 0.3) is 0 Å². The number of carbonyl (C=O) groups is 3. The molecule has 210 valence electrons. The minimum Gasteiger partial charge on any atom is -0.465 e. The van der Waals surface area contributed by atoms with Gasteiger partial charge in [0.05, 0.1) is 28.9 Å². The lowest BCUT2D eigenvalue weighted by molar-refractivity contribution is -0.123. The van der Waals surface area contributed by atoms with Gasteiger partial charge in [0.1, 0.15) is 5.76 Å². The average Bonchev–Trinajstić information content (AvgIpc) is 3.52. The third-order valence-electron chi connectivity index (χ3n) is 6.12. The van der Waals surface area contributed by atoms with Gasteiger partial charge in [0.25, 0.3) is 0 Å². The summed E-state index contributed by atoms with van der Waals surface area (Å²) in [5, 5.41) is 17.3. The molecule has 0 aliphatic carbocycles. The molecule has 1 saturated heterocycles. The van der Waals surface area contributed by atoms with Crippen molar-refractivity contribution >= 4 is 46.1 Å². The van der Waals surface area contributed by atoms with E-state index in [2.05, 4.69) is 51.6 Å². The summed E-state index contributed by atoms with van der Waals surface area (Å²) in [5.41, 5.74) is -0.0783. The van der Waals surface area contributed by atoms with Gasteiger partial charge in [-0.3, -0.25) is 14.5 Å². The smallest absolute Gasteiger partial charge is 0.404 e. The first-order valence-corrected chi connectivity index (χ1v) is 14.7. The Hall–Kier alpha value is -2.64. The summed E-state index contributed by atoms with van der Waals surface area (Å²) in [6, 6.07) is 0. The largest absolute Gasteiger partial charge is 0.465 e. The van der Waals surface area contributed by atoms with E-state index in [4.69, 9.17) is 9.52 Å². The van der Waals surface area contributed by atoms with Crippen molar-refractivity contribution in [2.75, 3.05) is 38.0 Å². The van der Waals surface area contributed by atoms with Crippen LogP contribution in [0.15, 0.2) is 21.0 Å². The maximum atomic E-state index is 12.8. The zero-order valence-corrected chi connectivity index (χ0v) is 23.9. The number of oxazole rings is 1. The Morgan fingerprint density at radius 1 is 1.11 bits per heavy atom. The normalized spacial score (nSPS) is 14.8. The number of carboxylic acid groups (broad SMARTS) is 1. The third kappa shape index (κ3) is 10.3. The summed E-state index contributed by atoms with van der Waals surface area (Å²) in [4.78, 5) is 46.1. The lowest BCUT2D eigenvalue weighted by atomic mass is 9.94. The molecule has 0 saturated carbocycles. The number of hydrogen-bond donors (Lipinski definition) is 4. The Balaban J connectivity index is 1.30. The first-order chi connectivity index (χ1) is 18.1. The fourth-order valence-electron chi connectivity index (χ4n) is 3.91. The monoisotopic (exact) mass is 566 g/mol. The van der Waals surface area contributed by atoms with Crippen molar-refractivity contribution in [2.45, 2.75) is 68.3 Å². The van der Waals surface area contributed by atoms with Crippen LogP contribution in [-0.2, 0) is 20.8 Å². The molecule has 38 heavy (non-hydrogen) atoms. The zero-order valence-electron chi connectivity index (χ0n) is 22.2. The highest BCUT2D eigenvalue weighted by molar-refractivity contribution is 8.00. The fourth-order valence-corrected chi connectivity index (χ4v) is 5.64. The second kappa shape index (κ2) is 14.5. The van der Waals surface area contributed by atoms with Crippen LogP contribution in [0.1, 0.15) is 64.5 Å². The van der Waals surface area contributed by atoms with Crippen LogP contribution in [0.2, 0.25) is 0 Å². The number of hydrogen-bond acceptors (Lipinski definition) is 9. The number of rotatable bonds is 13. The van der Waals surface area contributed by atoms with Crippen LogP contribution < -0.4 is 16.0 Å². The highest BCUT2D eigenvalue weighted by Gasteiger charge is 2.26. The van der Waals surface area contributed by atoms with Crippen molar-refractivity contribution in [3.8, 4) is 0 Å². The lowest BCUT2D eigenvalue weighted by Gasteiger charge is -2.30. The summed E-state index contributed by atoms with van der Waals surface area (Å²) < 4.78 is 6.81. The van der Waals surface area contributed by atoms with E-state index < -0.39 is 6.09 Å². The maximum absolute atomic E-state index is 12.8. The van der Waals surface area contributed by atoms with Crippen LogP contribution in [0.4, 0.5) is 9.93 Å². The molecule has 0 spiro atoms. The summed E-state index contributed by atoms with van der Waals surface area (Å²) in [6.07, 6.45) is 6.32. The zero-order chi connectivity index (χ0) is 27.5. The molecule has 3 heterocycles. The summed E-state index contributed by atoms with van der Waals surface area (Å²) >= 11 is 3.02. The summed E-state index contributed by atoms with van der Waals surface area (Å²) in [7, 11) is 0. The van der Waals surface area contributed by atoms with Gasteiger partial charge < -0.3 is 25.5 Å². The lowest BCUT2D eigenvalue weighted by Crippen LogP contribution is -2.43. The van der Waals surface area contributed by atoms with Gasteiger partial charge in [-0.1, -0.05) is 32.1 Å². The molecule has 13 heteroatoms. The molecule has 3 amide bonds. The Kier molecular flexibility index (Phi) is 11.4. The highest BCUT2D eigenvalue weighted by Crippen LogP contribution is 2.32. The van der Waals surface area contributed by atoms with Gasteiger partial charge in [0.2, 0.25) is 17.7 Å². The molecule has 2 aromatic rings. The molecule has 11 nitrogen and oxygen atoms in total. The predicted molar refractivity (Wildman–Crippen MR) is 148 cm³/mol. The molecular weight excluding hydrogens is 528 g/mol. The van der Waals surface area contributed by atoms with Gasteiger partial charge in [-0.15, -0.1) is 11.8 Å². The fraction of sp³-hybridized carbons (Fsp3) is 0.640. The molecule has 1 aliphatic heterocycles. The van der Waals surface area contributed by atoms with E-state index in [-0.39, 0.29) is 23.1 Å². The topological polar surface area (TPSA) is 150 Å². The van der Waals surface area contributed by atoms with Crippen molar-refractivity contribution in [2.24, 2.45) is 5.92 Å². The molecule has 1 aliphatic rings. The van der Waals surface area contributed by atoms with Crippen molar-refractivity contribution in [1.82, 2.24) is 25.5 Å². The molecule has 0 radical (unpaired) electrons. The molecule has 2 aromatic heterocycles. The van der Waals surface area contributed by atoms with E-state index >= 15 is 0 Å². The molecule has 0 bridgehead atoms. The van der Waals surface area contributed by atoms with Gasteiger partial charge >= 0.3 is 6.09 Å². The number of amides is 3. The quantitative estimate of drug-likeness (QED) is 0.209. The van der Waals surface area contributed by atoms with Crippen molar-refractivity contribution in [3.05, 3.63) is 24.0 Å². The number of anilines is 1. The Morgan fingerprint density at radius 2 is 1.82 bits per heavy atom. The van der Waals surface area contributed by atoms with E-state index in [1.807, 2.05) is 0 Å². The number of thiazole rings is 1. The number of nitrogens with one attached hydrogen (secondary N) is 3. The minimum atomic E-state index is -1.01. The highest BCUT2D eigenvalue weighted by atomic mass is 32.2. The molecular formula is C25H38N6O5S2. The maximum Gasteiger partial charge on any atom is 0.404 e. The van der Waals surface area contributed by atoms with Crippen molar-refractivity contribution < 1.29 is 23.9 Å². The van der Waals surface area contributed by atoms with Crippen LogP contribution >= 0.6 is 23.1 Å². The minimum absolute atomic E-state index is 0.0243. The number of aromatic nitrogens is 2. The first kappa shape index (κ1) is 29.9. The molecule has 4 N–H and O–H groups in total. The number of piperidine rings is 1. The van der Waals surface area contributed by atoms with Crippen molar-refractivity contribution in [1.29, 1.82) is 0 Å². The van der Waals surface area contributed by atoms with Crippen LogP contribution in [0.5, 0.6) is 0 Å². The van der Waals surface area contributed by atoms with E-state index in [0.717, 1.165) is 29.2 Å². The molecule has 0 unspecified atom stereocenters. The number of unbranched alkanes of at least 4 members (excludes halogenated alkanes) is 2. The molecule has 0 aromatic carbocycles. The number of nitrogens with zero attached hydrogens (tertiary/aromatic N) is 3.